The highest BCUT2D eigenvalue weighted by Crippen LogP contribution is 2.22. The van der Waals surface area contributed by atoms with Crippen molar-refractivity contribution in [2.75, 3.05) is 26.4 Å². The van der Waals surface area contributed by atoms with Gasteiger partial charge in [-0.05, 0) is 96.3 Å². The molecule has 0 aromatic rings. The molecular formula is C55H92O9. The van der Waals surface area contributed by atoms with E-state index in [2.05, 4.69) is 111 Å². The van der Waals surface area contributed by atoms with Gasteiger partial charge in [-0.1, -0.05) is 175 Å². The summed E-state index contributed by atoms with van der Waals surface area (Å²) in [6.45, 7) is 4.35. The molecule has 0 spiro atoms. The van der Waals surface area contributed by atoms with Crippen LogP contribution in [-0.2, 0) is 23.7 Å². The Labute approximate surface area is 390 Å². The van der Waals surface area contributed by atoms with Crippen LogP contribution in [0.15, 0.2) is 97.2 Å². The van der Waals surface area contributed by atoms with Gasteiger partial charge in [0.2, 0.25) is 0 Å². The highest BCUT2D eigenvalue weighted by molar-refractivity contribution is 5.69. The quantitative estimate of drug-likeness (QED) is 0.0268. The molecule has 1 aliphatic rings. The maximum atomic E-state index is 12.8. The third kappa shape index (κ3) is 35.4. The summed E-state index contributed by atoms with van der Waals surface area (Å²) in [4.78, 5) is 12.8. The lowest BCUT2D eigenvalue weighted by molar-refractivity contribution is -0.305. The van der Waals surface area contributed by atoms with E-state index in [9.17, 15) is 25.2 Å². The van der Waals surface area contributed by atoms with E-state index in [0.717, 1.165) is 103 Å². The number of esters is 1. The first kappa shape index (κ1) is 59.1. The number of aliphatic hydroxyl groups is 4. The average Bonchev–Trinajstić information content (AvgIpc) is 3.30. The van der Waals surface area contributed by atoms with Crippen molar-refractivity contribution in [1.29, 1.82) is 0 Å². The van der Waals surface area contributed by atoms with Gasteiger partial charge in [-0.2, -0.15) is 0 Å². The minimum Gasteiger partial charge on any atom is -0.457 e. The van der Waals surface area contributed by atoms with Gasteiger partial charge in [0.1, 0.15) is 30.5 Å². The van der Waals surface area contributed by atoms with Crippen molar-refractivity contribution in [1.82, 2.24) is 0 Å². The van der Waals surface area contributed by atoms with Gasteiger partial charge in [0.25, 0.3) is 0 Å². The molecular weight excluding hydrogens is 805 g/mol. The number of allylic oxidation sites excluding steroid dienone is 16. The third-order valence-corrected chi connectivity index (χ3v) is 11.0. The minimum absolute atomic E-state index is 0.123. The monoisotopic (exact) mass is 897 g/mol. The Kier molecular flexibility index (Phi) is 41.8. The largest absolute Gasteiger partial charge is 0.457 e. The maximum absolute atomic E-state index is 12.8. The molecule has 1 saturated heterocycles. The number of carbonyl (C=O) groups is 1. The highest BCUT2D eigenvalue weighted by Gasteiger charge is 2.44. The van der Waals surface area contributed by atoms with Crippen molar-refractivity contribution < 1.29 is 44.2 Å². The zero-order valence-corrected chi connectivity index (χ0v) is 40.2. The predicted octanol–water partition coefficient (Wildman–Crippen LogP) is 12.4. The van der Waals surface area contributed by atoms with E-state index in [1.807, 2.05) is 0 Å². The van der Waals surface area contributed by atoms with Crippen LogP contribution in [0.1, 0.15) is 181 Å². The van der Waals surface area contributed by atoms with Crippen LogP contribution in [0.3, 0.4) is 0 Å². The van der Waals surface area contributed by atoms with Crippen molar-refractivity contribution in [2.45, 2.75) is 218 Å². The van der Waals surface area contributed by atoms with Crippen LogP contribution in [0.5, 0.6) is 0 Å². The van der Waals surface area contributed by atoms with Gasteiger partial charge in [0.05, 0.1) is 19.8 Å². The summed E-state index contributed by atoms with van der Waals surface area (Å²) in [5, 5.41) is 40.2. The first-order valence-corrected chi connectivity index (χ1v) is 25.3. The Bertz CT molecular complexity index is 1300. The summed E-state index contributed by atoms with van der Waals surface area (Å²) in [6, 6.07) is 0. The first-order valence-electron chi connectivity index (χ1n) is 25.3. The van der Waals surface area contributed by atoms with E-state index in [4.69, 9.17) is 18.9 Å². The molecule has 1 fully saturated rings. The molecule has 366 valence electrons. The molecule has 0 radical (unpaired) electrons. The van der Waals surface area contributed by atoms with Crippen LogP contribution in [0, 0.1) is 0 Å². The van der Waals surface area contributed by atoms with E-state index in [1.165, 1.54) is 57.8 Å². The van der Waals surface area contributed by atoms with Crippen LogP contribution >= 0.6 is 0 Å². The van der Waals surface area contributed by atoms with Gasteiger partial charge < -0.3 is 39.4 Å². The predicted molar refractivity (Wildman–Crippen MR) is 265 cm³/mol. The second-order valence-corrected chi connectivity index (χ2v) is 16.9. The van der Waals surface area contributed by atoms with E-state index >= 15 is 0 Å². The summed E-state index contributed by atoms with van der Waals surface area (Å²) < 4.78 is 22.9. The standard InChI is InChI=1S/C55H92O9/c1-3-5-7-9-11-13-15-17-19-21-23-24-25-27-29-31-33-35-37-39-41-43-45-61-47-49(48-62-55-54(60)53(59)52(58)50(46-56)64-55)63-51(57)44-42-40-38-36-34-32-30-28-26-22-20-18-16-14-12-10-8-6-4-2/h5,7,11-14,17-20,23-24,26-29,49-50,52-56,58-60H,3-4,6,8-10,15-16,21-22,25,30-48H2,1-2H3/b7-5-,13-11-,14-12-,19-17-,20-18-,24-23-,28-26-,29-27-. The summed E-state index contributed by atoms with van der Waals surface area (Å²) >= 11 is 0. The molecule has 0 aromatic heterocycles. The van der Waals surface area contributed by atoms with Crippen molar-refractivity contribution in [3.8, 4) is 0 Å². The Morgan fingerprint density at radius 1 is 0.516 bits per heavy atom. The number of ether oxygens (including phenoxy) is 4. The Hall–Kier alpha value is -2.89. The fourth-order valence-corrected chi connectivity index (χ4v) is 7.05. The molecule has 0 amide bonds. The van der Waals surface area contributed by atoms with Gasteiger partial charge in [0, 0.05) is 13.0 Å². The second-order valence-electron chi connectivity index (χ2n) is 16.9. The highest BCUT2D eigenvalue weighted by atomic mass is 16.7. The van der Waals surface area contributed by atoms with Crippen LogP contribution in [-0.4, -0.2) is 89.6 Å². The molecule has 1 aliphatic heterocycles. The second kappa shape index (κ2) is 45.3. The number of rotatable bonds is 42. The van der Waals surface area contributed by atoms with Gasteiger partial charge in [-0.3, -0.25) is 4.79 Å². The summed E-state index contributed by atoms with van der Waals surface area (Å²) in [5.74, 6) is -0.335. The van der Waals surface area contributed by atoms with E-state index in [-0.39, 0.29) is 19.2 Å². The van der Waals surface area contributed by atoms with Crippen LogP contribution < -0.4 is 0 Å². The first-order chi connectivity index (χ1) is 31.4. The number of carbonyl (C=O) groups excluding carboxylic acids is 1. The molecule has 0 saturated carbocycles. The SMILES string of the molecule is CC/C=C\C/C=C\C/C=C\C/C=C\C/C=C\CCCCCCCCOCC(COC1OC(CO)C(O)C(O)C1O)OC(=O)CCCCCCCC/C=C\C/C=C\C/C=C\CCCCC. The molecule has 0 bridgehead atoms. The molecule has 6 unspecified atom stereocenters. The number of aliphatic hydroxyl groups excluding tert-OH is 4. The van der Waals surface area contributed by atoms with Crippen LogP contribution in [0.4, 0.5) is 0 Å². The topological polar surface area (TPSA) is 135 Å². The Balaban J connectivity index is 2.26. The van der Waals surface area contributed by atoms with E-state index in [1.54, 1.807) is 0 Å². The van der Waals surface area contributed by atoms with Crippen molar-refractivity contribution in [2.24, 2.45) is 0 Å². The molecule has 0 aliphatic carbocycles. The Morgan fingerprint density at radius 3 is 1.44 bits per heavy atom. The molecule has 1 heterocycles. The van der Waals surface area contributed by atoms with Crippen molar-refractivity contribution in [3.05, 3.63) is 97.2 Å². The molecule has 64 heavy (non-hydrogen) atoms. The lowest BCUT2D eigenvalue weighted by atomic mass is 9.99. The van der Waals surface area contributed by atoms with Gasteiger partial charge in [-0.15, -0.1) is 0 Å². The maximum Gasteiger partial charge on any atom is 0.306 e. The van der Waals surface area contributed by atoms with Gasteiger partial charge >= 0.3 is 5.97 Å². The molecule has 4 N–H and O–H groups in total. The molecule has 6 atom stereocenters. The molecule has 1 rings (SSSR count). The van der Waals surface area contributed by atoms with E-state index in [0.29, 0.717) is 13.0 Å². The van der Waals surface area contributed by atoms with E-state index < -0.39 is 43.4 Å². The Morgan fingerprint density at radius 2 is 0.953 bits per heavy atom. The minimum atomic E-state index is -1.55. The zero-order valence-electron chi connectivity index (χ0n) is 40.2. The van der Waals surface area contributed by atoms with Crippen LogP contribution in [0.2, 0.25) is 0 Å². The zero-order chi connectivity index (χ0) is 46.4. The van der Waals surface area contributed by atoms with Gasteiger partial charge in [0.15, 0.2) is 6.29 Å². The summed E-state index contributed by atoms with van der Waals surface area (Å²) in [5.41, 5.74) is 0. The number of hydrogen-bond donors (Lipinski definition) is 4. The van der Waals surface area contributed by atoms with Crippen LogP contribution in [0.25, 0.3) is 0 Å². The lowest BCUT2D eigenvalue weighted by Crippen LogP contribution is -2.59. The summed E-state index contributed by atoms with van der Waals surface area (Å²) in [7, 11) is 0. The number of unbranched alkanes of at least 4 members (excludes halogenated alkanes) is 15. The fourth-order valence-electron chi connectivity index (χ4n) is 7.05. The third-order valence-electron chi connectivity index (χ3n) is 11.0. The molecule has 9 nitrogen and oxygen atoms in total. The van der Waals surface area contributed by atoms with Gasteiger partial charge in [-0.25, -0.2) is 0 Å². The number of hydrogen-bond acceptors (Lipinski definition) is 9. The van der Waals surface area contributed by atoms with Crippen molar-refractivity contribution >= 4 is 5.97 Å². The summed E-state index contributed by atoms with van der Waals surface area (Å²) in [6.07, 6.45) is 55.7. The normalized spacial score (nSPS) is 20.4. The molecule has 0 aromatic carbocycles. The smallest absolute Gasteiger partial charge is 0.306 e. The lowest BCUT2D eigenvalue weighted by Gasteiger charge is -2.39. The average molecular weight is 897 g/mol. The van der Waals surface area contributed by atoms with Crippen molar-refractivity contribution in [3.63, 3.8) is 0 Å². The molecule has 9 heteroatoms. The fraction of sp³-hybridized carbons (Fsp3) is 0.691.